The van der Waals surface area contributed by atoms with Crippen LogP contribution < -0.4 is 10.6 Å². The first-order valence-electron chi connectivity index (χ1n) is 10.9. The Bertz CT molecular complexity index is 1060. The number of hydrogen-bond donors (Lipinski definition) is 2. The van der Waals surface area contributed by atoms with Gasteiger partial charge in [0, 0.05) is 30.6 Å². The summed E-state index contributed by atoms with van der Waals surface area (Å²) in [6.07, 6.45) is 5.39. The Labute approximate surface area is 187 Å². The van der Waals surface area contributed by atoms with Crippen molar-refractivity contribution in [1.29, 1.82) is 0 Å². The van der Waals surface area contributed by atoms with Gasteiger partial charge in [0.05, 0.1) is 28.9 Å². The van der Waals surface area contributed by atoms with E-state index in [1.165, 1.54) is 9.98 Å². The summed E-state index contributed by atoms with van der Waals surface area (Å²) in [6.45, 7) is 8.61. The number of carbonyl (C=O) groups is 1. The van der Waals surface area contributed by atoms with E-state index in [0.717, 1.165) is 48.2 Å². The molecule has 4 rings (SSSR count). The van der Waals surface area contributed by atoms with Gasteiger partial charge in [0.1, 0.15) is 0 Å². The number of hydrogen-bond acceptors (Lipinski definition) is 5. The first kappa shape index (κ1) is 21.6. The van der Waals surface area contributed by atoms with Crippen LogP contribution in [0.3, 0.4) is 0 Å². The van der Waals surface area contributed by atoms with Crippen molar-refractivity contribution in [3.8, 4) is 0 Å². The number of nitrogens with one attached hydrogen (secondary N) is 2. The van der Waals surface area contributed by atoms with Crippen LogP contribution in [-0.4, -0.2) is 44.2 Å². The lowest BCUT2D eigenvalue weighted by Crippen LogP contribution is -2.36. The van der Waals surface area contributed by atoms with Gasteiger partial charge >= 0.3 is 0 Å². The lowest BCUT2D eigenvalue weighted by Gasteiger charge is -2.27. The minimum atomic E-state index is -0.282. The number of piperidine rings is 1. The van der Waals surface area contributed by atoms with Crippen molar-refractivity contribution in [3.63, 3.8) is 0 Å². The summed E-state index contributed by atoms with van der Waals surface area (Å²) in [5.41, 5.74) is 4.15. The summed E-state index contributed by atoms with van der Waals surface area (Å²) >= 11 is 6.59. The van der Waals surface area contributed by atoms with Crippen LogP contribution >= 0.6 is 11.8 Å². The molecule has 3 heterocycles. The SMILES string of the molecule is CCn1ncc2c(NC3CCNCC3)c(C(=O)N(Cl)[C@H](C)c3ccc(C)cc3)cnc21. The van der Waals surface area contributed by atoms with Gasteiger partial charge in [-0.25, -0.2) is 14.1 Å². The maximum Gasteiger partial charge on any atom is 0.272 e. The smallest absolute Gasteiger partial charge is 0.272 e. The van der Waals surface area contributed by atoms with Gasteiger partial charge in [0.25, 0.3) is 5.91 Å². The maximum atomic E-state index is 13.5. The van der Waals surface area contributed by atoms with E-state index in [2.05, 4.69) is 20.7 Å². The highest BCUT2D eigenvalue weighted by Gasteiger charge is 2.27. The fourth-order valence-electron chi connectivity index (χ4n) is 4.01. The predicted octanol–water partition coefficient (Wildman–Crippen LogP) is 4.28. The summed E-state index contributed by atoms with van der Waals surface area (Å²) in [7, 11) is 0. The zero-order valence-electron chi connectivity index (χ0n) is 18.2. The Hall–Kier alpha value is -2.64. The van der Waals surface area contributed by atoms with Gasteiger partial charge in [-0.3, -0.25) is 4.79 Å². The van der Waals surface area contributed by atoms with E-state index in [-0.39, 0.29) is 18.0 Å². The molecule has 1 aliphatic rings. The van der Waals surface area contributed by atoms with Crippen LogP contribution in [-0.2, 0) is 6.54 Å². The molecule has 1 atom stereocenters. The van der Waals surface area contributed by atoms with Crippen LogP contribution in [0, 0.1) is 6.92 Å². The summed E-state index contributed by atoms with van der Waals surface area (Å²) in [4.78, 5) is 18.0. The molecule has 8 heteroatoms. The zero-order valence-corrected chi connectivity index (χ0v) is 19.0. The Morgan fingerprint density at radius 1 is 1.29 bits per heavy atom. The monoisotopic (exact) mass is 440 g/mol. The van der Waals surface area contributed by atoms with Crippen LogP contribution in [0.1, 0.15) is 54.2 Å². The average Bonchev–Trinajstić information content (AvgIpc) is 3.23. The Morgan fingerprint density at radius 3 is 2.68 bits per heavy atom. The van der Waals surface area contributed by atoms with Gasteiger partial charge in [-0.1, -0.05) is 29.8 Å². The second-order valence-corrected chi connectivity index (χ2v) is 8.48. The Morgan fingerprint density at radius 2 is 2.00 bits per heavy atom. The second kappa shape index (κ2) is 9.24. The molecule has 31 heavy (non-hydrogen) atoms. The number of nitrogens with zero attached hydrogens (tertiary/aromatic N) is 4. The molecule has 1 aliphatic heterocycles. The quantitative estimate of drug-likeness (QED) is 0.559. The van der Waals surface area contributed by atoms with Crippen molar-refractivity contribution in [2.45, 2.75) is 52.2 Å². The van der Waals surface area contributed by atoms with E-state index in [9.17, 15) is 4.79 Å². The molecule has 7 nitrogen and oxygen atoms in total. The number of anilines is 1. The molecule has 1 fully saturated rings. The van der Waals surface area contributed by atoms with Crippen LogP contribution in [0.5, 0.6) is 0 Å². The molecule has 1 amide bonds. The van der Waals surface area contributed by atoms with Gasteiger partial charge in [-0.2, -0.15) is 5.10 Å². The van der Waals surface area contributed by atoms with Gasteiger partial charge in [-0.15, -0.1) is 0 Å². The molecule has 1 saturated heterocycles. The van der Waals surface area contributed by atoms with Crippen LogP contribution in [0.15, 0.2) is 36.7 Å². The topological polar surface area (TPSA) is 75.1 Å². The number of aryl methyl sites for hydroxylation is 2. The lowest BCUT2D eigenvalue weighted by molar-refractivity contribution is 0.0831. The molecule has 2 aromatic heterocycles. The third-order valence-corrected chi connectivity index (χ3v) is 6.42. The van der Waals surface area contributed by atoms with Gasteiger partial charge in [-0.05, 0) is 52.3 Å². The predicted molar refractivity (Wildman–Crippen MR) is 124 cm³/mol. The van der Waals surface area contributed by atoms with Gasteiger partial charge in [0.15, 0.2) is 5.65 Å². The zero-order chi connectivity index (χ0) is 22.0. The number of fused-ring (bicyclic) bond motifs is 1. The maximum absolute atomic E-state index is 13.5. The summed E-state index contributed by atoms with van der Waals surface area (Å²) in [6, 6.07) is 8.06. The molecule has 1 aromatic carbocycles. The summed E-state index contributed by atoms with van der Waals surface area (Å²) in [5, 5.41) is 12.3. The number of aromatic nitrogens is 3. The molecular formula is C23H29ClN6O. The highest BCUT2D eigenvalue weighted by molar-refractivity contribution is 6.25. The largest absolute Gasteiger partial charge is 0.381 e. The minimum absolute atomic E-state index is 0.273. The van der Waals surface area contributed by atoms with E-state index in [1.54, 1.807) is 12.4 Å². The highest BCUT2D eigenvalue weighted by Crippen LogP contribution is 2.32. The number of amides is 1. The number of pyridine rings is 1. The number of rotatable bonds is 6. The fraction of sp³-hybridized carbons (Fsp3) is 0.435. The van der Waals surface area contributed by atoms with Crippen molar-refractivity contribution in [2.24, 2.45) is 0 Å². The van der Waals surface area contributed by atoms with Crippen LogP contribution in [0.2, 0.25) is 0 Å². The second-order valence-electron chi connectivity index (χ2n) is 8.12. The highest BCUT2D eigenvalue weighted by atomic mass is 35.5. The third-order valence-electron chi connectivity index (χ3n) is 5.98. The molecule has 0 spiro atoms. The molecule has 0 saturated carbocycles. The molecule has 0 radical (unpaired) electrons. The molecule has 164 valence electrons. The molecular weight excluding hydrogens is 412 g/mol. The fourth-order valence-corrected chi connectivity index (χ4v) is 4.22. The van der Waals surface area contributed by atoms with E-state index in [1.807, 2.05) is 49.7 Å². The first-order chi connectivity index (χ1) is 15.0. The Balaban J connectivity index is 1.70. The van der Waals surface area contributed by atoms with Gasteiger partial charge in [0.2, 0.25) is 0 Å². The number of halogens is 1. The van der Waals surface area contributed by atoms with Gasteiger partial charge < -0.3 is 10.6 Å². The first-order valence-corrected chi connectivity index (χ1v) is 11.2. The van der Waals surface area contributed by atoms with Crippen molar-refractivity contribution in [3.05, 3.63) is 53.3 Å². The van der Waals surface area contributed by atoms with Crippen molar-refractivity contribution in [1.82, 2.24) is 24.5 Å². The number of benzene rings is 1. The van der Waals surface area contributed by atoms with E-state index < -0.39 is 0 Å². The summed E-state index contributed by atoms with van der Waals surface area (Å²) < 4.78 is 3.11. The van der Waals surface area contributed by atoms with E-state index in [4.69, 9.17) is 11.8 Å². The average molecular weight is 441 g/mol. The number of carbonyl (C=O) groups excluding carboxylic acids is 1. The molecule has 0 aliphatic carbocycles. The van der Waals surface area contributed by atoms with E-state index in [0.29, 0.717) is 12.1 Å². The van der Waals surface area contributed by atoms with Crippen molar-refractivity contribution < 1.29 is 4.79 Å². The van der Waals surface area contributed by atoms with Crippen molar-refractivity contribution in [2.75, 3.05) is 18.4 Å². The lowest BCUT2D eigenvalue weighted by atomic mass is 10.0. The Kier molecular flexibility index (Phi) is 6.43. The molecule has 0 bridgehead atoms. The van der Waals surface area contributed by atoms with Crippen LogP contribution in [0.25, 0.3) is 11.0 Å². The molecule has 3 aromatic rings. The minimum Gasteiger partial charge on any atom is -0.381 e. The van der Waals surface area contributed by atoms with Crippen molar-refractivity contribution >= 4 is 34.4 Å². The standard InChI is InChI=1S/C23H29ClN6O/c1-4-29-22-19(14-27-29)21(28-18-9-11-25-12-10-18)20(13-26-22)23(31)30(24)16(3)17-7-5-15(2)6-8-17/h5-8,13-14,16,18,25H,4,9-12H2,1-3H3,(H,26,28)/t16-/m1/s1. The third kappa shape index (κ3) is 4.38. The normalized spacial score (nSPS) is 15.7. The summed E-state index contributed by atoms with van der Waals surface area (Å²) in [5.74, 6) is -0.273. The van der Waals surface area contributed by atoms with E-state index >= 15 is 0 Å². The van der Waals surface area contributed by atoms with Crippen LogP contribution in [0.4, 0.5) is 5.69 Å². The molecule has 2 N–H and O–H groups in total. The molecule has 0 unspecified atom stereocenters.